The molecule has 0 aromatic rings. The molecule has 0 radical (unpaired) electrons. The van der Waals surface area contributed by atoms with Crippen LogP contribution in [0, 0.1) is 0 Å². The Morgan fingerprint density at radius 2 is 1.69 bits per heavy atom. The highest BCUT2D eigenvalue weighted by Crippen LogP contribution is 2.55. The lowest BCUT2D eigenvalue weighted by Gasteiger charge is -2.32. The molecular formula is C8H16O3S2. The number of ether oxygens (including phenoxy) is 2. The number of rotatable bonds is 6. The largest absolute Gasteiger partial charge is 0.396 e. The number of aliphatic hydroxyl groups is 1. The highest BCUT2D eigenvalue weighted by atomic mass is 33.1. The maximum atomic E-state index is 8.96. The van der Waals surface area contributed by atoms with Crippen molar-refractivity contribution in [2.24, 2.45) is 0 Å². The molecule has 2 saturated heterocycles. The molecule has 0 bridgehead atoms. The molecule has 2 unspecified atom stereocenters. The molecule has 2 atom stereocenters. The van der Waals surface area contributed by atoms with Crippen LogP contribution in [-0.4, -0.2) is 54.4 Å². The van der Waals surface area contributed by atoms with Crippen molar-refractivity contribution < 1.29 is 14.6 Å². The molecule has 0 saturated carbocycles. The molecule has 0 aromatic heterocycles. The maximum Gasteiger partial charge on any atom is 0.0892 e. The summed E-state index contributed by atoms with van der Waals surface area (Å²) in [5.74, 6) is 2.86. The van der Waals surface area contributed by atoms with Crippen LogP contribution in [0.5, 0.6) is 0 Å². The van der Waals surface area contributed by atoms with Gasteiger partial charge in [0.2, 0.25) is 0 Å². The second-order valence-corrected chi connectivity index (χ2v) is 9.07. The summed E-state index contributed by atoms with van der Waals surface area (Å²) in [7, 11) is -0.968. The van der Waals surface area contributed by atoms with E-state index in [9.17, 15) is 0 Å². The average Bonchev–Trinajstić information content (AvgIpc) is 2.85. The van der Waals surface area contributed by atoms with E-state index in [1.807, 2.05) is 0 Å². The Hall–Kier alpha value is 0.580. The number of thiol groups is 1. The smallest absolute Gasteiger partial charge is 0.0892 e. The topological polar surface area (TPSA) is 45.3 Å². The summed E-state index contributed by atoms with van der Waals surface area (Å²) in [6, 6.07) is 0. The van der Waals surface area contributed by atoms with Gasteiger partial charge in [0.1, 0.15) is 0 Å². The molecule has 0 amide bonds. The minimum absolute atomic E-state index is 0.234. The van der Waals surface area contributed by atoms with Crippen molar-refractivity contribution in [2.75, 3.05) is 37.1 Å². The van der Waals surface area contributed by atoms with Gasteiger partial charge in [-0.15, -0.1) is 11.7 Å². The van der Waals surface area contributed by atoms with E-state index in [1.165, 1.54) is 0 Å². The van der Waals surface area contributed by atoms with Gasteiger partial charge < -0.3 is 14.6 Å². The molecule has 2 heterocycles. The third-order valence-corrected chi connectivity index (χ3v) is 6.64. The lowest BCUT2D eigenvalue weighted by Crippen LogP contribution is -2.17. The number of aliphatic hydroxyl groups excluding tert-OH is 1. The Morgan fingerprint density at radius 3 is 2.00 bits per heavy atom. The van der Waals surface area contributed by atoms with Gasteiger partial charge in [-0.05, 0) is 0 Å². The first-order valence-electron chi connectivity index (χ1n) is 4.55. The van der Waals surface area contributed by atoms with Crippen LogP contribution >= 0.6 is 20.7 Å². The van der Waals surface area contributed by atoms with E-state index in [0.29, 0.717) is 12.2 Å². The summed E-state index contributed by atoms with van der Waals surface area (Å²) in [5, 5.41) is 8.96. The van der Waals surface area contributed by atoms with Crippen LogP contribution in [0.2, 0.25) is 0 Å². The predicted molar refractivity (Wildman–Crippen MR) is 57.7 cm³/mol. The standard InChI is InChI=1S/C8H16O3S2/c9-1-2-13(12,5-7-3-10-7)6-8-4-11-8/h7-9,12H,1-6H2. The molecule has 2 aliphatic heterocycles. The summed E-state index contributed by atoms with van der Waals surface area (Å²) in [5.41, 5.74) is 0. The average molecular weight is 224 g/mol. The predicted octanol–water partition coefficient (Wildman–Crippen LogP) is 0.426. The maximum absolute atomic E-state index is 8.96. The van der Waals surface area contributed by atoms with E-state index >= 15 is 0 Å². The Labute approximate surface area is 84.9 Å². The van der Waals surface area contributed by atoms with Crippen molar-refractivity contribution >= 4 is 20.7 Å². The van der Waals surface area contributed by atoms with Crippen molar-refractivity contribution in [3.63, 3.8) is 0 Å². The first-order valence-corrected chi connectivity index (χ1v) is 7.74. The van der Waals surface area contributed by atoms with Gasteiger partial charge in [0, 0.05) is 17.3 Å². The molecule has 0 spiro atoms. The number of epoxide rings is 2. The van der Waals surface area contributed by atoms with Crippen LogP contribution in [0.3, 0.4) is 0 Å². The molecule has 2 aliphatic rings. The van der Waals surface area contributed by atoms with Gasteiger partial charge in [-0.3, -0.25) is 0 Å². The third-order valence-electron chi connectivity index (χ3n) is 2.27. The van der Waals surface area contributed by atoms with E-state index in [1.54, 1.807) is 0 Å². The Morgan fingerprint density at radius 1 is 1.23 bits per heavy atom. The fraction of sp³-hybridized carbons (Fsp3) is 1.00. The fourth-order valence-corrected chi connectivity index (χ4v) is 5.25. The van der Waals surface area contributed by atoms with Gasteiger partial charge in [0.15, 0.2) is 0 Å². The molecule has 2 fully saturated rings. The first-order chi connectivity index (χ1) is 6.22. The number of hydrogen-bond donors (Lipinski definition) is 2. The molecule has 2 rings (SSSR count). The zero-order valence-corrected chi connectivity index (χ0v) is 9.23. The fourth-order valence-electron chi connectivity index (χ4n) is 1.43. The van der Waals surface area contributed by atoms with E-state index in [4.69, 9.17) is 26.2 Å². The van der Waals surface area contributed by atoms with E-state index in [-0.39, 0.29) is 6.61 Å². The minimum atomic E-state index is -0.968. The second-order valence-electron chi connectivity index (χ2n) is 3.67. The van der Waals surface area contributed by atoms with Crippen molar-refractivity contribution in [3.05, 3.63) is 0 Å². The molecule has 0 aliphatic carbocycles. The molecular weight excluding hydrogens is 208 g/mol. The SMILES string of the molecule is OCCS(S)(CC1CO1)CC1CO1. The quantitative estimate of drug-likeness (QED) is 0.391. The van der Waals surface area contributed by atoms with E-state index < -0.39 is 9.06 Å². The Bertz CT molecular complexity index is 166. The molecule has 1 N–H and O–H groups in total. The Balaban J connectivity index is 1.82. The molecule has 78 valence electrons. The van der Waals surface area contributed by atoms with Gasteiger partial charge in [-0.1, -0.05) is 0 Å². The molecule has 13 heavy (non-hydrogen) atoms. The van der Waals surface area contributed by atoms with Gasteiger partial charge in [-0.25, -0.2) is 0 Å². The normalized spacial score (nSPS) is 38.0. The first kappa shape index (κ1) is 10.1. The zero-order chi connectivity index (χ0) is 9.31. The van der Waals surface area contributed by atoms with Gasteiger partial charge >= 0.3 is 0 Å². The van der Waals surface area contributed by atoms with E-state index in [2.05, 4.69) is 0 Å². The van der Waals surface area contributed by atoms with Crippen LogP contribution in [0.1, 0.15) is 0 Å². The highest BCUT2D eigenvalue weighted by Gasteiger charge is 2.36. The van der Waals surface area contributed by atoms with Crippen molar-refractivity contribution in [1.82, 2.24) is 0 Å². The van der Waals surface area contributed by atoms with Gasteiger partial charge in [0.05, 0.1) is 32.0 Å². The minimum Gasteiger partial charge on any atom is -0.396 e. The lowest BCUT2D eigenvalue weighted by molar-refractivity contribution is 0.321. The van der Waals surface area contributed by atoms with Crippen LogP contribution in [0.25, 0.3) is 0 Å². The summed E-state index contributed by atoms with van der Waals surface area (Å²) in [6.07, 6.45) is 0.829. The zero-order valence-electron chi connectivity index (χ0n) is 7.52. The second kappa shape index (κ2) is 3.98. The van der Waals surface area contributed by atoms with Crippen LogP contribution in [-0.2, 0) is 9.47 Å². The third kappa shape index (κ3) is 3.32. The summed E-state index contributed by atoms with van der Waals surface area (Å²) < 4.78 is 10.4. The monoisotopic (exact) mass is 224 g/mol. The highest BCUT2D eigenvalue weighted by molar-refractivity contribution is 8.88. The molecule has 5 heteroatoms. The lowest BCUT2D eigenvalue weighted by atomic mass is 10.6. The van der Waals surface area contributed by atoms with Crippen molar-refractivity contribution in [3.8, 4) is 0 Å². The van der Waals surface area contributed by atoms with Crippen LogP contribution in [0.15, 0.2) is 0 Å². The van der Waals surface area contributed by atoms with Gasteiger partial charge in [0.25, 0.3) is 0 Å². The number of hydrogen-bond acceptors (Lipinski definition) is 4. The van der Waals surface area contributed by atoms with Crippen LogP contribution in [0.4, 0.5) is 0 Å². The van der Waals surface area contributed by atoms with Gasteiger partial charge in [-0.2, -0.15) is 9.06 Å². The molecule has 0 aromatic carbocycles. The van der Waals surface area contributed by atoms with Crippen molar-refractivity contribution in [2.45, 2.75) is 12.2 Å². The molecule has 3 nitrogen and oxygen atoms in total. The summed E-state index contributed by atoms with van der Waals surface area (Å²) in [4.78, 5) is 0. The Kier molecular flexibility index (Phi) is 3.10. The van der Waals surface area contributed by atoms with E-state index in [0.717, 1.165) is 30.5 Å². The summed E-state index contributed by atoms with van der Waals surface area (Å²) >= 11 is 4.72. The summed E-state index contributed by atoms with van der Waals surface area (Å²) in [6.45, 7) is 2.00. The van der Waals surface area contributed by atoms with Crippen LogP contribution < -0.4 is 0 Å². The van der Waals surface area contributed by atoms with Crippen molar-refractivity contribution in [1.29, 1.82) is 0 Å².